The predicted molar refractivity (Wildman–Crippen MR) is 64.6 cm³/mol. The van der Waals surface area contributed by atoms with Crippen LogP contribution in [-0.2, 0) is 13.5 Å². The van der Waals surface area contributed by atoms with Gasteiger partial charge in [0.2, 0.25) is 0 Å². The molecule has 0 unspecified atom stereocenters. The summed E-state index contributed by atoms with van der Waals surface area (Å²) in [6, 6.07) is 3.73. The Bertz CT molecular complexity index is 534. The fourth-order valence-corrected chi connectivity index (χ4v) is 1.89. The minimum atomic E-state index is 0.0887. The molecule has 0 radical (unpaired) electrons. The Morgan fingerprint density at radius 1 is 1.24 bits per heavy atom. The summed E-state index contributed by atoms with van der Waals surface area (Å²) in [5.41, 5.74) is 1.81. The highest BCUT2D eigenvalue weighted by Gasteiger charge is 2.12. The maximum atomic E-state index is 8.97. The third-order valence-corrected chi connectivity index (χ3v) is 2.81. The highest BCUT2D eigenvalue weighted by atomic mass is 16.5. The van der Waals surface area contributed by atoms with Crippen molar-refractivity contribution < 1.29 is 14.6 Å². The summed E-state index contributed by atoms with van der Waals surface area (Å²) >= 11 is 0. The molecule has 0 fully saturated rings. The van der Waals surface area contributed by atoms with E-state index in [0.717, 1.165) is 16.9 Å². The molecular weight excluding hydrogens is 220 g/mol. The van der Waals surface area contributed by atoms with E-state index in [9.17, 15) is 0 Å². The number of methoxy groups -OCH3 is 2. The maximum Gasteiger partial charge on any atom is 0.163 e. The smallest absolute Gasteiger partial charge is 0.163 e. The van der Waals surface area contributed by atoms with Gasteiger partial charge in [-0.2, -0.15) is 0 Å². The number of aliphatic hydroxyl groups excluding tert-OH is 1. The zero-order valence-corrected chi connectivity index (χ0v) is 10.2. The molecule has 5 nitrogen and oxygen atoms in total. The molecule has 0 spiro atoms. The van der Waals surface area contributed by atoms with Crippen LogP contribution in [0.25, 0.3) is 11.0 Å². The van der Waals surface area contributed by atoms with Gasteiger partial charge in [-0.3, -0.25) is 0 Å². The van der Waals surface area contributed by atoms with Crippen molar-refractivity contribution in [3.63, 3.8) is 0 Å². The lowest BCUT2D eigenvalue weighted by atomic mass is 10.2. The Balaban J connectivity index is 2.62. The SMILES string of the molecule is COc1cc2nc(CCO)n(C)c2cc1OC. The molecule has 0 amide bonds. The first kappa shape index (κ1) is 11.7. The molecule has 1 aromatic heterocycles. The van der Waals surface area contributed by atoms with E-state index in [1.54, 1.807) is 14.2 Å². The van der Waals surface area contributed by atoms with Gasteiger partial charge in [0.1, 0.15) is 5.82 Å². The standard InChI is InChI=1S/C12H16N2O3/c1-14-9-7-11(17-3)10(16-2)6-8(9)13-12(14)4-5-15/h6-7,15H,4-5H2,1-3H3. The first-order chi connectivity index (χ1) is 8.21. The van der Waals surface area contributed by atoms with E-state index in [1.165, 1.54) is 0 Å². The predicted octanol–water partition coefficient (Wildman–Crippen LogP) is 1.13. The van der Waals surface area contributed by atoms with Gasteiger partial charge in [-0.25, -0.2) is 4.98 Å². The molecule has 2 rings (SSSR count). The third kappa shape index (κ3) is 1.93. The summed E-state index contributed by atoms with van der Waals surface area (Å²) in [4.78, 5) is 4.45. The van der Waals surface area contributed by atoms with Crippen LogP contribution in [0.15, 0.2) is 12.1 Å². The highest BCUT2D eigenvalue weighted by Crippen LogP contribution is 2.31. The molecule has 0 aliphatic rings. The minimum Gasteiger partial charge on any atom is -0.493 e. The molecule has 2 aromatic rings. The van der Waals surface area contributed by atoms with Crippen LogP contribution in [0.5, 0.6) is 11.5 Å². The van der Waals surface area contributed by atoms with Crippen LogP contribution in [0, 0.1) is 0 Å². The van der Waals surface area contributed by atoms with E-state index in [4.69, 9.17) is 14.6 Å². The molecule has 17 heavy (non-hydrogen) atoms. The summed E-state index contributed by atoms with van der Waals surface area (Å²) in [5, 5.41) is 8.97. The fraction of sp³-hybridized carbons (Fsp3) is 0.417. The summed E-state index contributed by atoms with van der Waals surface area (Å²) in [5.74, 6) is 2.19. The van der Waals surface area contributed by atoms with Gasteiger partial charge < -0.3 is 19.1 Å². The van der Waals surface area contributed by atoms with Gasteiger partial charge in [0.25, 0.3) is 0 Å². The monoisotopic (exact) mass is 236 g/mol. The van der Waals surface area contributed by atoms with Gasteiger partial charge in [-0.1, -0.05) is 0 Å². The molecule has 5 heteroatoms. The molecule has 0 saturated heterocycles. The Hall–Kier alpha value is -1.75. The molecular formula is C12H16N2O3. The zero-order chi connectivity index (χ0) is 12.4. The van der Waals surface area contributed by atoms with E-state index in [2.05, 4.69) is 4.98 Å². The Morgan fingerprint density at radius 3 is 2.47 bits per heavy atom. The Morgan fingerprint density at radius 2 is 1.88 bits per heavy atom. The number of imidazole rings is 1. The number of hydrogen-bond acceptors (Lipinski definition) is 4. The molecule has 1 N–H and O–H groups in total. The van der Waals surface area contributed by atoms with Crippen LogP contribution in [0.1, 0.15) is 5.82 Å². The van der Waals surface area contributed by atoms with E-state index >= 15 is 0 Å². The number of benzene rings is 1. The van der Waals surface area contributed by atoms with Crippen LogP contribution in [0.2, 0.25) is 0 Å². The quantitative estimate of drug-likeness (QED) is 0.864. The number of ether oxygens (including phenoxy) is 2. The molecule has 0 saturated carbocycles. The third-order valence-electron chi connectivity index (χ3n) is 2.81. The van der Waals surface area contributed by atoms with Gasteiger partial charge in [0, 0.05) is 25.6 Å². The summed E-state index contributed by atoms with van der Waals surface area (Å²) in [6.07, 6.45) is 0.538. The number of aromatic nitrogens is 2. The average Bonchev–Trinajstić information content (AvgIpc) is 2.65. The first-order valence-corrected chi connectivity index (χ1v) is 5.39. The second-order valence-corrected chi connectivity index (χ2v) is 3.76. The lowest BCUT2D eigenvalue weighted by molar-refractivity contribution is 0.295. The molecule has 0 aliphatic carbocycles. The second-order valence-electron chi connectivity index (χ2n) is 3.76. The van der Waals surface area contributed by atoms with Crippen molar-refractivity contribution in [2.75, 3.05) is 20.8 Å². The number of fused-ring (bicyclic) bond motifs is 1. The number of aryl methyl sites for hydroxylation is 1. The van der Waals surface area contributed by atoms with Crippen molar-refractivity contribution in [2.45, 2.75) is 6.42 Å². The molecule has 1 heterocycles. The lowest BCUT2D eigenvalue weighted by Gasteiger charge is -2.07. The summed E-state index contributed by atoms with van der Waals surface area (Å²) < 4.78 is 12.4. The van der Waals surface area contributed by atoms with Crippen molar-refractivity contribution >= 4 is 11.0 Å². The maximum absolute atomic E-state index is 8.97. The molecule has 0 atom stereocenters. The number of rotatable bonds is 4. The van der Waals surface area contributed by atoms with Gasteiger partial charge in [-0.05, 0) is 0 Å². The van der Waals surface area contributed by atoms with Gasteiger partial charge in [0.15, 0.2) is 11.5 Å². The highest BCUT2D eigenvalue weighted by molar-refractivity contribution is 5.80. The van der Waals surface area contributed by atoms with Gasteiger partial charge >= 0.3 is 0 Å². The number of nitrogens with zero attached hydrogens (tertiary/aromatic N) is 2. The van der Waals surface area contributed by atoms with Crippen molar-refractivity contribution in [1.29, 1.82) is 0 Å². The zero-order valence-electron chi connectivity index (χ0n) is 10.2. The Labute approximate surface area is 99.6 Å². The van der Waals surface area contributed by atoms with Gasteiger partial charge in [0.05, 0.1) is 31.9 Å². The normalized spacial score (nSPS) is 10.8. The number of hydrogen-bond donors (Lipinski definition) is 1. The van der Waals surface area contributed by atoms with Crippen LogP contribution in [0.4, 0.5) is 0 Å². The second kappa shape index (κ2) is 4.63. The summed E-state index contributed by atoms with van der Waals surface area (Å²) in [7, 11) is 5.13. The average molecular weight is 236 g/mol. The van der Waals surface area contributed by atoms with Crippen LogP contribution >= 0.6 is 0 Å². The van der Waals surface area contributed by atoms with E-state index in [0.29, 0.717) is 17.9 Å². The lowest BCUT2D eigenvalue weighted by Crippen LogP contribution is -2.00. The topological polar surface area (TPSA) is 56.5 Å². The van der Waals surface area contributed by atoms with Crippen LogP contribution < -0.4 is 9.47 Å². The fourth-order valence-electron chi connectivity index (χ4n) is 1.89. The molecule has 0 aliphatic heterocycles. The van der Waals surface area contributed by atoms with Crippen molar-refractivity contribution in [1.82, 2.24) is 9.55 Å². The van der Waals surface area contributed by atoms with Gasteiger partial charge in [-0.15, -0.1) is 0 Å². The number of aliphatic hydroxyl groups is 1. The van der Waals surface area contributed by atoms with Crippen LogP contribution in [-0.4, -0.2) is 35.5 Å². The summed E-state index contributed by atoms with van der Waals surface area (Å²) in [6.45, 7) is 0.0887. The molecule has 92 valence electrons. The van der Waals surface area contributed by atoms with Crippen LogP contribution in [0.3, 0.4) is 0 Å². The van der Waals surface area contributed by atoms with E-state index < -0.39 is 0 Å². The molecule has 0 bridgehead atoms. The van der Waals surface area contributed by atoms with E-state index in [-0.39, 0.29) is 6.61 Å². The molecule has 1 aromatic carbocycles. The first-order valence-electron chi connectivity index (χ1n) is 5.39. The largest absolute Gasteiger partial charge is 0.493 e. The van der Waals surface area contributed by atoms with Crippen molar-refractivity contribution in [3.8, 4) is 11.5 Å². The minimum absolute atomic E-state index is 0.0887. The van der Waals surface area contributed by atoms with E-state index in [1.807, 2.05) is 23.7 Å². The Kier molecular flexibility index (Phi) is 3.19. The van der Waals surface area contributed by atoms with Crippen molar-refractivity contribution in [2.24, 2.45) is 7.05 Å². The van der Waals surface area contributed by atoms with Crippen molar-refractivity contribution in [3.05, 3.63) is 18.0 Å².